The second-order valence-corrected chi connectivity index (χ2v) is 6.29. The Morgan fingerprint density at radius 1 is 1.10 bits per heavy atom. The average molecular weight is 302 g/mol. The van der Waals surface area contributed by atoms with Crippen molar-refractivity contribution in [3.63, 3.8) is 0 Å². The Labute approximate surface area is 128 Å². The first-order valence-electron chi connectivity index (χ1n) is 6.81. The number of esters is 1. The number of hydrogen-bond donors (Lipinski definition) is 0. The van der Waals surface area contributed by atoms with E-state index < -0.39 is 0 Å². The normalized spacial score (nSPS) is 10.7. The zero-order valence-corrected chi connectivity index (χ0v) is 13.2. The Morgan fingerprint density at radius 2 is 1.76 bits per heavy atom. The summed E-state index contributed by atoms with van der Waals surface area (Å²) in [5, 5.41) is 0. The molecule has 1 aromatic heterocycles. The summed E-state index contributed by atoms with van der Waals surface area (Å²) < 4.78 is 4.63. The van der Waals surface area contributed by atoms with E-state index in [1.165, 1.54) is 24.0 Å². The molecule has 0 amide bonds. The number of rotatable bonds is 5. The molecule has 0 unspecified atom stereocenters. The van der Waals surface area contributed by atoms with Gasteiger partial charge in [-0.05, 0) is 23.6 Å². The van der Waals surface area contributed by atoms with Crippen LogP contribution in [0.2, 0.25) is 0 Å². The van der Waals surface area contributed by atoms with Crippen LogP contribution in [0.15, 0.2) is 36.4 Å². The van der Waals surface area contributed by atoms with Crippen molar-refractivity contribution >= 4 is 23.1 Å². The molecule has 1 heterocycles. The maximum Gasteiger partial charge on any atom is 0.310 e. The highest BCUT2D eigenvalue weighted by Gasteiger charge is 2.14. The van der Waals surface area contributed by atoms with Gasteiger partial charge in [0.1, 0.15) is 0 Å². The Balaban J connectivity index is 2.14. The third kappa shape index (κ3) is 3.79. The third-order valence-electron chi connectivity index (χ3n) is 3.27. The lowest BCUT2D eigenvalue weighted by Gasteiger charge is -2.05. The molecule has 0 atom stereocenters. The van der Waals surface area contributed by atoms with Crippen molar-refractivity contribution in [1.29, 1.82) is 0 Å². The molecule has 0 saturated heterocycles. The van der Waals surface area contributed by atoms with E-state index in [-0.39, 0.29) is 18.2 Å². The van der Waals surface area contributed by atoms with Crippen molar-refractivity contribution in [2.45, 2.75) is 26.2 Å². The highest BCUT2D eigenvalue weighted by atomic mass is 32.1. The molecule has 2 rings (SSSR count). The van der Waals surface area contributed by atoms with Crippen LogP contribution < -0.4 is 0 Å². The smallest absolute Gasteiger partial charge is 0.310 e. The first-order valence-corrected chi connectivity index (χ1v) is 7.63. The van der Waals surface area contributed by atoms with Crippen LogP contribution in [-0.4, -0.2) is 18.9 Å². The van der Waals surface area contributed by atoms with Gasteiger partial charge >= 0.3 is 5.97 Å². The molecule has 3 nitrogen and oxygen atoms in total. The highest BCUT2D eigenvalue weighted by Crippen LogP contribution is 2.22. The minimum atomic E-state index is -0.294. The molecule has 0 aliphatic carbocycles. The molecule has 21 heavy (non-hydrogen) atoms. The maximum absolute atomic E-state index is 12.4. The lowest BCUT2D eigenvalue weighted by molar-refractivity contribution is -0.139. The molecule has 0 saturated carbocycles. The van der Waals surface area contributed by atoms with E-state index in [2.05, 4.69) is 18.6 Å². The first kappa shape index (κ1) is 15.4. The molecular weight excluding hydrogens is 284 g/mol. The van der Waals surface area contributed by atoms with Gasteiger partial charge in [0.15, 0.2) is 0 Å². The average Bonchev–Trinajstić information content (AvgIpc) is 2.94. The fraction of sp³-hybridized carbons (Fsp3) is 0.294. The number of benzene rings is 1. The van der Waals surface area contributed by atoms with Crippen molar-refractivity contribution in [3.8, 4) is 0 Å². The summed E-state index contributed by atoms with van der Waals surface area (Å²) in [6.45, 7) is 4.24. The number of carbonyl (C=O) groups is 2. The van der Waals surface area contributed by atoms with Crippen molar-refractivity contribution in [3.05, 3.63) is 57.3 Å². The molecule has 0 fully saturated rings. The monoisotopic (exact) mass is 302 g/mol. The van der Waals surface area contributed by atoms with Crippen molar-refractivity contribution in [2.24, 2.45) is 0 Å². The molecule has 0 N–H and O–H groups in total. The lowest BCUT2D eigenvalue weighted by Crippen LogP contribution is -2.02. The zero-order valence-electron chi connectivity index (χ0n) is 12.4. The third-order valence-corrected chi connectivity index (χ3v) is 4.36. The van der Waals surface area contributed by atoms with E-state index in [1.807, 2.05) is 24.3 Å². The summed E-state index contributed by atoms with van der Waals surface area (Å²) >= 11 is 1.34. The number of ketones is 1. The molecule has 110 valence electrons. The number of carbonyl (C=O) groups excluding carboxylic acids is 2. The lowest BCUT2D eigenvalue weighted by atomic mass is 10.0. The van der Waals surface area contributed by atoms with E-state index >= 15 is 0 Å². The van der Waals surface area contributed by atoms with Gasteiger partial charge in [0, 0.05) is 10.4 Å². The fourth-order valence-electron chi connectivity index (χ4n) is 1.97. The van der Waals surface area contributed by atoms with Gasteiger partial charge in [-0.2, -0.15) is 0 Å². The van der Waals surface area contributed by atoms with Crippen LogP contribution in [0.25, 0.3) is 0 Å². The van der Waals surface area contributed by atoms with Crippen LogP contribution in [0.5, 0.6) is 0 Å². The summed E-state index contributed by atoms with van der Waals surface area (Å²) in [6, 6.07) is 11.3. The molecule has 0 aliphatic rings. The van der Waals surface area contributed by atoms with Crippen LogP contribution in [0.4, 0.5) is 0 Å². The van der Waals surface area contributed by atoms with Gasteiger partial charge in [-0.15, -0.1) is 11.3 Å². The van der Waals surface area contributed by atoms with E-state index in [0.717, 1.165) is 4.88 Å². The quantitative estimate of drug-likeness (QED) is 0.623. The predicted molar refractivity (Wildman–Crippen MR) is 84.0 cm³/mol. The van der Waals surface area contributed by atoms with Crippen LogP contribution in [0.1, 0.15) is 45.4 Å². The molecule has 0 aliphatic heterocycles. The Morgan fingerprint density at radius 3 is 2.33 bits per heavy atom. The van der Waals surface area contributed by atoms with E-state index in [1.54, 1.807) is 12.1 Å². The summed E-state index contributed by atoms with van der Waals surface area (Å²) in [5.41, 5.74) is 1.88. The SMILES string of the molecule is COC(=O)Cc1ccc(C(=O)c2ccc(C(C)C)cc2)s1. The Bertz CT molecular complexity index is 638. The number of hydrogen-bond acceptors (Lipinski definition) is 4. The molecule has 0 radical (unpaired) electrons. The second kappa shape index (κ2) is 6.68. The van der Waals surface area contributed by atoms with E-state index in [0.29, 0.717) is 16.4 Å². The molecular formula is C17H18O3S. The van der Waals surface area contributed by atoms with Gasteiger partial charge in [0.2, 0.25) is 5.78 Å². The minimum Gasteiger partial charge on any atom is -0.469 e. The number of methoxy groups -OCH3 is 1. The van der Waals surface area contributed by atoms with Gasteiger partial charge in [-0.3, -0.25) is 9.59 Å². The molecule has 0 spiro atoms. The highest BCUT2D eigenvalue weighted by molar-refractivity contribution is 7.14. The fourth-order valence-corrected chi connectivity index (χ4v) is 2.93. The summed E-state index contributed by atoms with van der Waals surface area (Å²) in [7, 11) is 1.36. The van der Waals surface area contributed by atoms with Crippen molar-refractivity contribution in [2.75, 3.05) is 7.11 Å². The molecule has 2 aromatic rings. The molecule has 0 bridgehead atoms. The van der Waals surface area contributed by atoms with Gasteiger partial charge in [0.25, 0.3) is 0 Å². The van der Waals surface area contributed by atoms with Gasteiger partial charge in [-0.1, -0.05) is 38.1 Å². The van der Waals surface area contributed by atoms with E-state index in [4.69, 9.17) is 0 Å². The van der Waals surface area contributed by atoms with Crippen molar-refractivity contribution in [1.82, 2.24) is 0 Å². The summed E-state index contributed by atoms with van der Waals surface area (Å²) in [6.07, 6.45) is 0.209. The second-order valence-electron chi connectivity index (χ2n) is 5.12. The predicted octanol–water partition coefficient (Wildman–Crippen LogP) is 3.82. The molecule has 4 heteroatoms. The number of ether oxygens (including phenoxy) is 1. The van der Waals surface area contributed by atoms with Crippen LogP contribution >= 0.6 is 11.3 Å². The summed E-state index contributed by atoms with van der Waals surface area (Å²) in [4.78, 5) is 25.1. The van der Waals surface area contributed by atoms with Gasteiger partial charge < -0.3 is 4.74 Å². The van der Waals surface area contributed by atoms with Crippen LogP contribution in [-0.2, 0) is 16.0 Å². The van der Waals surface area contributed by atoms with Crippen LogP contribution in [0.3, 0.4) is 0 Å². The summed E-state index contributed by atoms with van der Waals surface area (Å²) in [5.74, 6) is 0.145. The van der Waals surface area contributed by atoms with Gasteiger partial charge in [-0.25, -0.2) is 0 Å². The maximum atomic E-state index is 12.4. The zero-order chi connectivity index (χ0) is 15.4. The largest absolute Gasteiger partial charge is 0.469 e. The standard InChI is InChI=1S/C17H18O3S/c1-11(2)12-4-6-13(7-5-12)17(19)15-9-8-14(21-15)10-16(18)20-3/h4-9,11H,10H2,1-3H3. The Kier molecular flexibility index (Phi) is 4.91. The van der Waals surface area contributed by atoms with Crippen molar-refractivity contribution < 1.29 is 14.3 Å². The first-order chi connectivity index (χ1) is 10.0. The Hall–Kier alpha value is -1.94. The van der Waals surface area contributed by atoms with Gasteiger partial charge in [0.05, 0.1) is 18.4 Å². The molecule has 1 aromatic carbocycles. The minimum absolute atomic E-state index is 0.00794. The van der Waals surface area contributed by atoms with Crippen LogP contribution in [0, 0.1) is 0 Å². The van der Waals surface area contributed by atoms with E-state index in [9.17, 15) is 9.59 Å². The number of thiophene rings is 1. The topological polar surface area (TPSA) is 43.4 Å².